The minimum absolute atomic E-state index is 0.138. The zero-order valence-corrected chi connectivity index (χ0v) is 19.7. The third-order valence-corrected chi connectivity index (χ3v) is 6.38. The number of hydrogen-bond donors (Lipinski definition) is 4. The number of benzene rings is 3. The molecule has 1 fully saturated rings. The summed E-state index contributed by atoms with van der Waals surface area (Å²) < 4.78 is 0. The first-order valence-corrected chi connectivity index (χ1v) is 11.9. The van der Waals surface area contributed by atoms with E-state index in [4.69, 9.17) is 5.73 Å². The number of carbonyl (C=O) groups excluding carboxylic acids is 3. The van der Waals surface area contributed by atoms with E-state index in [9.17, 15) is 14.4 Å². The molecule has 1 aliphatic rings. The van der Waals surface area contributed by atoms with Crippen molar-refractivity contribution in [3.8, 4) is 0 Å². The van der Waals surface area contributed by atoms with E-state index in [2.05, 4.69) is 21.7 Å². The largest absolute Gasteiger partial charge is 0.361 e. The van der Waals surface area contributed by atoms with Crippen LogP contribution in [-0.2, 0) is 24.2 Å². The van der Waals surface area contributed by atoms with E-state index in [-0.39, 0.29) is 18.4 Å². The van der Waals surface area contributed by atoms with Gasteiger partial charge in [-0.05, 0) is 66.1 Å². The van der Waals surface area contributed by atoms with Crippen LogP contribution in [-0.4, -0.2) is 40.3 Å². The number of H-pyrrole nitrogens is 1. The first-order valence-electron chi connectivity index (χ1n) is 11.9. The third-order valence-electron chi connectivity index (χ3n) is 6.38. The van der Waals surface area contributed by atoms with Crippen LogP contribution in [0.1, 0.15) is 27.0 Å². The van der Waals surface area contributed by atoms with Crippen LogP contribution in [0.25, 0.3) is 10.9 Å². The summed E-state index contributed by atoms with van der Waals surface area (Å²) in [6.07, 6.45) is 3.13. The Morgan fingerprint density at radius 1 is 0.972 bits per heavy atom. The van der Waals surface area contributed by atoms with Crippen molar-refractivity contribution < 1.29 is 14.4 Å². The second kappa shape index (κ2) is 10.1. The van der Waals surface area contributed by atoms with Gasteiger partial charge in [-0.2, -0.15) is 0 Å². The highest BCUT2D eigenvalue weighted by atomic mass is 16.2. The number of nitrogens with zero attached hydrogens (tertiary/aromatic N) is 1. The number of aromatic nitrogens is 1. The smallest absolute Gasteiger partial charge is 0.325 e. The minimum atomic E-state index is -0.622. The highest BCUT2D eigenvalue weighted by Gasteiger charge is 2.37. The molecule has 8 nitrogen and oxygen atoms in total. The summed E-state index contributed by atoms with van der Waals surface area (Å²) in [6, 6.07) is 21.1. The number of aromatic amines is 1. The van der Waals surface area contributed by atoms with E-state index in [1.807, 2.05) is 48.7 Å². The maximum Gasteiger partial charge on any atom is 0.325 e. The lowest BCUT2D eigenvalue weighted by atomic mass is 10.0. The first kappa shape index (κ1) is 23.3. The molecule has 3 aromatic carbocycles. The van der Waals surface area contributed by atoms with Crippen LogP contribution in [0, 0.1) is 0 Å². The Morgan fingerprint density at radius 3 is 2.47 bits per heavy atom. The summed E-state index contributed by atoms with van der Waals surface area (Å²) in [5.74, 6) is -0.487. The van der Waals surface area contributed by atoms with Gasteiger partial charge < -0.3 is 21.4 Å². The highest BCUT2D eigenvalue weighted by Crippen LogP contribution is 2.23. The summed E-state index contributed by atoms with van der Waals surface area (Å²) in [6.45, 7) is 0.696. The Bertz CT molecular complexity index is 1410. The van der Waals surface area contributed by atoms with Gasteiger partial charge in [0, 0.05) is 34.8 Å². The number of carbonyl (C=O) groups is 3. The summed E-state index contributed by atoms with van der Waals surface area (Å²) in [4.78, 5) is 42.6. The fraction of sp³-hybridized carbons (Fsp3) is 0.179. The Balaban J connectivity index is 1.23. The van der Waals surface area contributed by atoms with Crippen LogP contribution in [0.4, 0.5) is 10.5 Å². The van der Waals surface area contributed by atoms with E-state index in [0.717, 1.165) is 34.0 Å². The highest BCUT2D eigenvalue weighted by molar-refractivity contribution is 6.05. The zero-order chi connectivity index (χ0) is 25.1. The molecule has 2 heterocycles. The lowest BCUT2D eigenvalue weighted by molar-refractivity contribution is -0.127. The molecule has 1 atom stereocenters. The molecule has 8 heteroatoms. The number of amides is 4. The van der Waals surface area contributed by atoms with Gasteiger partial charge in [-0.1, -0.05) is 36.4 Å². The van der Waals surface area contributed by atoms with Gasteiger partial charge >= 0.3 is 6.03 Å². The Labute approximate surface area is 208 Å². The molecular formula is C28H27N5O3. The number of para-hydroxylation sites is 1. The van der Waals surface area contributed by atoms with E-state index < -0.39 is 12.1 Å². The molecule has 5 rings (SSSR count). The molecule has 36 heavy (non-hydrogen) atoms. The average molecular weight is 482 g/mol. The zero-order valence-electron chi connectivity index (χ0n) is 19.7. The third kappa shape index (κ3) is 4.85. The summed E-state index contributed by atoms with van der Waals surface area (Å²) in [5.41, 5.74) is 10.8. The normalized spacial score (nSPS) is 15.4. The fourth-order valence-electron chi connectivity index (χ4n) is 4.48. The van der Waals surface area contributed by atoms with E-state index >= 15 is 0 Å². The Kier molecular flexibility index (Phi) is 6.51. The van der Waals surface area contributed by atoms with Gasteiger partial charge in [0.1, 0.15) is 6.04 Å². The molecule has 0 bridgehead atoms. The van der Waals surface area contributed by atoms with Gasteiger partial charge in [0.2, 0.25) is 0 Å². The monoisotopic (exact) mass is 481 g/mol. The van der Waals surface area contributed by atoms with Gasteiger partial charge in [-0.15, -0.1) is 0 Å². The molecule has 5 N–H and O–H groups in total. The van der Waals surface area contributed by atoms with E-state index in [1.54, 1.807) is 24.3 Å². The van der Waals surface area contributed by atoms with Crippen molar-refractivity contribution in [3.05, 3.63) is 101 Å². The van der Waals surface area contributed by atoms with Crippen LogP contribution in [0.5, 0.6) is 0 Å². The lowest BCUT2D eigenvalue weighted by Crippen LogP contribution is -2.32. The van der Waals surface area contributed by atoms with Crippen LogP contribution in [0.2, 0.25) is 0 Å². The average Bonchev–Trinajstić information content (AvgIpc) is 3.40. The first-order chi connectivity index (χ1) is 17.5. The number of nitrogens with two attached hydrogens (primary N) is 1. The molecule has 182 valence electrons. The number of nitrogens with one attached hydrogen (secondary N) is 3. The SMILES string of the molecule is NCCc1c[nH]c2ccc(CC3NC(=O)N(Cc4ccc(C(=O)Nc5ccccc5)cc4)C3=O)cc12. The number of urea groups is 1. The summed E-state index contributed by atoms with van der Waals surface area (Å²) >= 11 is 0. The van der Waals surface area contributed by atoms with Gasteiger partial charge in [0.05, 0.1) is 6.54 Å². The molecule has 0 radical (unpaired) electrons. The maximum absolute atomic E-state index is 13.0. The van der Waals surface area contributed by atoms with Gasteiger partial charge in [0.15, 0.2) is 0 Å². The molecule has 0 spiro atoms. The minimum Gasteiger partial charge on any atom is -0.361 e. The summed E-state index contributed by atoms with van der Waals surface area (Å²) in [5, 5.41) is 6.73. The van der Waals surface area contributed by atoms with Crippen LogP contribution in [0.3, 0.4) is 0 Å². The van der Waals surface area contributed by atoms with Crippen LogP contribution < -0.4 is 16.4 Å². The molecule has 1 aromatic heterocycles. The fourth-order valence-corrected chi connectivity index (χ4v) is 4.48. The van der Waals surface area contributed by atoms with Crippen molar-refractivity contribution in [2.45, 2.75) is 25.4 Å². The predicted octanol–water partition coefficient (Wildman–Crippen LogP) is 3.58. The van der Waals surface area contributed by atoms with Crippen molar-refractivity contribution in [2.24, 2.45) is 5.73 Å². The molecule has 1 unspecified atom stereocenters. The summed E-state index contributed by atoms with van der Waals surface area (Å²) in [7, 11) is 0. The molecule has 4 aromatic rings. The molecule has 1 saturated heterocycles. The molecule has 4 amide bonds. The van der Waals surface area contributed by atoms with Crippen molar-refractivity contribution >= 4 is 34.4 Å². The lowest BCUT2D eigenvalue weighted by Gasteiger charge is -2.14. The van der Waals surface area contributed by atoms with Crippen molar-refractivity contribution in [3.63, 3.8) is 0 Å². The standard InChI is InChI=1S/C28H27N5O3/c29-13-12-21-16-30-24-11-8-19(14-23(21)24)15-25-27(35)33(28(36)32-25)17-18-6-9-20(10-7-18)26(34)31-22-4-2-1-3-5-22/h1-11,14,16,25,30H,12-13,15,17,29H2,(H,31,34)(H,32,36). The maximum atomic E-state index is 13.0. The van der Waals surface area contributed by atoms with Gasteiger partial charge in [0.25, 0.3) is 11.8 Å². The van der Waals surface area contributed by atoms with Gasteiger partial charge in [-0.25, -0.2) is 4.79 Å². The van der Waals surface area contributed by atoms with E-state index in [1.165, 1.54) is 4.90 Å². The quantitative estimate of drug-likeness (QED) is 0.288. The number of hydrogen-bond acceptors (Lipinski definition) is 4. The number of fused-ring (bicyclic) bond motifs is 1. The van der Waals surface area contributed by atoms with Crippen LogP contribution in [0.15, 0.2) is 79.0 Å². The van der Waals surface area contributed by atoms with Crippen molar-refractivity contribution in [1.82, 2.24) is 15.2 Å². The molecule has 0 aliphatic carbocycles. The molecule has 1 aliphatic heterocycles. The van der Waals surface area contributed by atoms with Gasteiger partial charge in [-0.3, -0.25) is 14.5 Å². The number of anilines is 1. The Morgan fingerprint density at radius 2 is 1.72 bits per heavy atom. The topological polar surface area (TPSA) is 120 Å². The predicted molar refractivity (Wildman–Crippen MR) is 138 cm³/mol. The van der Waals surface area contributed by atoms with Crippen molar-refractivity contribution in [2.75, 3.05) is 11.9 Å². The van der Waals surface area contributed by atoms with Crippen molar-refractivity contribution in [1.29, 1.82) is 0 Å². The molecular weight excluding hydrogens is 454 g/mol. The van der Waals surface area contributed by atoms with E-state index in [0.29, 0.717) is 24.2 Å². The number of imide groups is 1. The second-order valence-corrected chi connectivity index (χ2v) is 8.88. The Hall–Kier alpha value is -4.43. The second-order valence-electron chi connectivity index (χ2n) is 8.88. The van der Waals surface area contributed by atoms with Crippen LogP contribution >= 0.6 is 0 Å². The molecule has 0 saturated carbocycles. The number of rotatable bonds is 8.